The van der Waals surface area contributed by atoms with Gasteiger partial charge in [-0.05, 0) is 24.2 Å². The molecule has 21 heavy (non-hydrogen) atoms. The van der Waals surface area contributed by atoms with Crippen LogP contribution in [0.3, 0.4) is 0 Å². The van der Waals surface area contributed by atoms with Crippen LogP contribution in [-0.4, -0.2) is 45.3 Å². The van der Waals surface area contributed by atoms with E-state index >= 15 is 0 Å². The largest absolute Gasteiger partial charge is 0.377 e. The van der Waals surface area contributed by atoms with Gasteiger partial charge in [-0.2, -0.15) is 0 Å². The SMILES string of the molecule is CCNCc1ccc(N2CCOCC2C(=O)NC)cc1Cl. The fraction of sp³-hybridized carbons (Fsp3) is 0.533. The van der Waals surface area contributed by atoms with Crippen LogP contribution in [0.15, 0.2) is 18.2 Å². The standard InChI is InChI=1S/C15H22ClN3O2/c1-3-18-9-11-4-5-12(8-13(11)16)19-6-7-21-10-14(19)15(20)17-2/h4-5,8,14,18H,3,6-7,9-10H2,1-2H3,(H,17,20). The summed E-state index contributed by atoms with van der Waals surface area (Å²) in [4.78, 5) is 14.0. The normalized spacial score (nSPS) is 18.6. The molecule has 6 heteroatoms. The molecule has 116 valence electrons. The first kappa shape index (κ1) is 16.1. The molecule has 0 bridgehead atoms. The molecule has 0 aromatic heterocycles. The summed E-state index contributed by atoms with van der Waals surface area (Å²) < 4.78 is 5.42. The van der Waals surface area contributed by atoms with Crippen molar-refractivity contribution in [2.24, 2.45) is 0 Å². The molecule has 1 aromatic carbocycles. The van der Waals surface area contributed by atoms with E-state index in [4.69, 9.17) is 16.3 Å². The number of carbonyl (C=O) groups excluding carboxylic acids is 1. The van der Waals surface area contributed by atoms with Gasteiger partial charge in [0.05, 0.1) is 13.2 Å². The van der Waals surface area contributed by atoms with Crippen LogP contribution in [0.4, 0.5) is 5.69 Å². The first-order valence-electron chi connectivity index (χ1n) is 7.22. The van der Waals surface area contributed by atoms with Crippen LogP contribution in [0.1, 0.15) is 12.5 Å². The third-order valence-electron chi connectivity index (χ3n) is 3.61. The van der Waals surface area contributed by atoms with E-state index in [0.717, 1.165) is 29.4 Å². The maximum Gasteiger partial charge on any atom is 0.244 e. The predicted molar refractivity (Wildman–Crippen MR) is 84.9 cm³/mol. The van der Waals surface area contributed by atoms with E-state index in [0.29, 0.717) is 19.8 Å². The molecular formula is C15H22ClN3O2. The molecule has 0 saturated carbocycles. The van der Waals surface area contributed by atoms with Crippen molar-refractivity contribution in [3.05, 3.63) is 28.8 Å². The molecule has 2 rings (SSSR count). The van der Waals surface area contributed by atoms with Gasteiger partial charge in [0.1, 0.15) is 6.04 Å². The van der Waals surface area contributed by atoms with Gasteiger partial charge in [0.15, 0.2) is 0 Å². The average Bonchev–Trinajstić information content (AvgIpc) is 2.53. The zero-order valence-corrected chi connectivity index (χ0v) is 13.2. The minimum atomic E-state index is -0.306. The van der Waals surface area contributed by atoms with Crippen molar-refractivity contribution < 1.29 is 9.53 Å². The molecule has 1 fully saturated rings. The molecule has 1 atom stereocenters. The molecule has 1 aromatic rings. The van der Waals surface area contributed by atoms with Gasteiger partial charge < -0.3 is 20.3 Å². The van der Waals surface area contributed by atoms with E-state index in [9.17, 15) is 4.79 Å². The van der Waals surface area contributed by atoms with E-state index in [2.05, 4.69) is 17.6 Å². The Bertz CT molecular complexity index is 496. The Morgan fingerprint density at radius 3 is 3.00 bits per heavy atom. The monoisotopic (exact) mass is 311 g/mol. The summed E-state index contributed by atoms with van der Waals surface area (Å²) in [5.74, 6) is -0.0393. The number of nitrogens with one attached hydrogen (secondary N) is 2. The van der Waals surface area contributed by atoms with E-state index in [1.54, 1.807) is 7.05 Å². The predicted octanol–water partition coefficient (Wildman–Crippen LogP) is 1.40. The molecular weight excluding hydrogens is 290 g/mol. The fourth-order valence-corrected chi connectivity index (χ4v) is 2.66. The minimum absolute atomic E-state index is 0.0393. The van der Waals surface area contributed by atoms with Crippen molar-refractivity contribution in [3.8, 4) is 0 Å². The third-order valence-corrected chi connectivity index (χ3v) is 3.96. The number of morpholine rings is 1. The summed E-state index contributed by atoms with van der Waals surface area (Å²) in [5.41, 5.74) is 2.02. The molecule has 2 N–H and O–H groups in total. The van der Waals surface area contributed by atoms with Gasteiger partial charge in [-0.15, -0.1) is 0 Å². The summed E-state index contributed by atoms with van der Waals surface area (Å²) in [7, 11) is 1.64. The first-order valence-corrected chi connectivity index (χ1v) is 7.60. The summed E-state index contributed by atoms with van der Waals surface area (Å²) in [6.07, 6.45) is 0. The Morgan fingerprint density at radius 2 is 2.33 bits per heavy atom. The Hall–Kier alpha value is -1.30. The number of ether oxygens (including phenoxy) is 1. The van der Waals surface area contributed by atoms with Crippen LogP contribution in [0.2, 0.25) is 5.02 Å². The number of hydrogen-bond donors (Lipinski definition) is 2. The molecule has 5 nitrogen and oxygen atoms in total. The van der Waals surface area contributed by atoms with Crippen LogP contribution >= 0.6 is 11.6 Å². The highest BCUT2D eigenvalue weighted by Gasteiger charge is 2.29. The lowest BCUT2D eigenvalue weighted by atomic mass is 10.1. The first-order chi connectivity index (χ1) is 10.2. The highest BCUT2D eigenvalue weighted by molar-refractivity contribution is 6.31. The fourth-order valence-electron chi connectivity index (χ4n) is 2.41. The van der Waals surface area contributed by atoms with E-state index in [1.165, 1.54) is 0 Å². The zero-order valence-electron chi connectivity index (χ0n) is 12.5. The van der Waals surface area contributed by atoms with Gasteiger partial charge >= 0.3 is 0 Å². The number of anilines is 1. The van der Waals surface area contributed by atoms with Gasteiger partial charge in [0.25, 0.3) is 0 Å². The maximum atomic E-state index is 12.0. The van der Waals surface area contributed by atoms with E-state index in [1.807, 2.05) is 23.1 Å². The van der Waals surface area contributed by atoms with Crippen molar-refractivity contribution in [1.29, 1.82) is 0 Å². The Morgan fingerprint density at radius 1 is 1.52 bits per heavy atom. The van der Waals surface area contributed by atoms with Crippen molar-refractivity contribution in [2.75, 3.05) is 38.3 Å². The summed E-state index contributed by atoms with van der Waals surface area (Å²) >= 11 is 6.35. The smallest absolute Gasteiger partial charge is 0.244 e. The second kappa shape index (κ2) is 7.64. The summed E-state index contributed by atoms with van der Waals surface area (Å²) in [5, 5.41) is 6.66. The average molecular weight is 312 g/mol. The van der Waals surface area contributed by atoms with Crippen molar-refractivity contribution in [2.45, 2.75) is 19.5 Å². The number of halogens is 1. The molecule has 0 aliphatic carbocycles. The van der Waals surface area contributed by atoms with Gasteiger partial charge in [-0.25, -0.2) is 0 Å². The number of hydrogen-bond acceptors (Lipinski definition) is 4. The molecule has 1 amide bonds. The number of nitrogens with zero attached hydrogens (tertiary/aromatic N) is 1. The Kier molecular flexibility index (Phi) is 5.85. The molecule has 1 unspecified atom stereocenters. The molecule has 0 spiro atoms. The van der Waals surface area contributed by atoms with Crippen LogP contribution in [0.5, 0.6) is 0 Å². The summed E-state index contributed by atoms with van der Waals surface area (Å²) in [6, 6.07) is 5.64. The molecule has 1 saturated heterocycles. The highest BCUT2D eigenvalue weighted by atomic mass is 35.5. The van der Waals surface area contributed by atoms with Gasteiger partial charge in [0, 0.05) is 30.8 Å². The highest BCUT2D eigenvalue weighted by Crippen LogP contribution is 2.26. The van der Waals surface area contributed by atoms with Gasteiger partial charge in [0.2, 0.25) is 5.91 Å². The lowest BCUT2D eigenvalue weighted by Crippen LogP contribution is -2.53. The maximum absolute atomic E-state index is 12.0. The lowest BCUT2D eigenvalue weighted by Gasteiger charge is -2.36. The third kappa shape index (κ3) is 3.87. The van der Waals surface area contributed by atoms with E-state index in [-0.39, 0.29) is 11.9 Å². The topological polar surface area (TPSA) is 53.6 Å². The minimum Gasteiger partial charge on any atom is -0.377 e. The number of likely N-dealkylation sites (N-methyl/N-ethyl adjacent to an activating group) is 1. The molecule has 1 heterocycles. The van der Waals surface area contributed by atoms with Crippen LogP contribution < -0.4 is 15.5 Å². The molecule has 1 aliphatic rings. The number of carbonyl (C=O) groups is 1. The van der Waals surface area contributed by atoms with Crippen LogP contribution in [0.25, 0.3) is 0 Å². The van der Waals surface area contributed by atoms with Crippen LogP contribution in [0, 0.1) is 0 Å². The van der Waals surface area contributed by atoms with Crippen LogP contribution in [-0.2, 0) is 16.1 Å². The lowest BCUT2D eigenvalue weighted by molar-refractivity contribution is -0.124. The number of rotatable bonds is 5. The van der Waals surface area contributed by atoms with Crippen molar-refractivity contribution >= 4 is 23.2 Å². The zero-order chi connectivity index (χ0) is 15.2. The number of benzene rings is 1. The second-order valence-electron chi connectivity index (χ2n) is 4.95. The quantitative estimate of drug-likeness (QED) is 0.863. The molecule has 1 aliphatic heterocycles. The molecule has 0 radical (unpaired) electrons. The summed E-state index contributed by atoms with van der Waals surface area (Å²) in [6.45, 7) is 5.41. The van der Waals surface area contributed by atoms with Crippen molar-refractivity contribution in [1.82, 2.24) is 10.6 Å². The van der Waals surface area contributed by atoms with Gasteiger partial charge in [-0.3, -0.25) is 4.79 Å². The van der Waals surface area contributed by atoms with E-state index < -0.39 is 0 Å². The number of amides is 1. The Balaban J connectivity index is 2.19. The van der Waals surface area contributed by atoms with Gasteiger partial charge in [-0.1, -0.05) is 24.6 Å². The second-order valence-corrected chi connectivity index (χ2v) is 5.36. The van der Waals surface area contributed by atoms with Crippen molar-refractivity contribution in [3.63, 3.8) is 0 Å². The Labute approximate surface area is 130 Å².